The second-order valence-electron chi connectivity index (χ2n) is 4.01. The van der Waals surface area contributed by atoms with E-state index in [-0.39, 0.29) is 12.3 Å². The van der Waals surface area contributed by atoms with Gasteiger partial charge in [-0.2, -0.15) is 0 Å². The molecule has 1 aromatic carbocycles. The molecule has 0 saturated carbocycles. The fourth-order valence-electron chi connectivity index (χ4n) is 1.94. The van der Waals surface area contributed by atoms with E-state index in [2.05, 4.69) is 5.43 Å². The molecule has 0 radical (unpaired) electrons. The van der Waals surface area contributed by atoms with Gasteiger partial charge in [0.15, 0.2) is 0 Å². The lowest BCUT2D eigenvalue weighted by molar-refractivity contribution is -0.126. The van der Waals surface area contributed by atoms with Gasteiger partial charge >= 0.3 is 0 Å². The van der Waals surface area contributed by atoms with Crippen LogP contribution in [-0.2, 0) is 9.59 Å². The molecular weight excluding hydrogens is 234 g/mol. The molecule has 1 atom stereocenters. The Kier molecular flexibility index (Phi) is 3.47. The van der Waals surface area contributed by atoms with Gasteiger partial charge in [0, 0.05) is 0 Å². The number of rotatable bonds is 2. The van der Waals surface area contributed by atoms with Crippen molar-refractivity contribution in [3.63, 3.8) is 0 Å². The molecule has 6 nitrogen and oxygen atoms in total. The number of nitrogens with one attached hydrogen (secondary N) is 1. The highest BCUT2D eigenvalue weighted by Gasteiger charge is 2.30. The summed E-state index contributed by atoms with van der Waals surface area (Å²) < 4.78 is 5.49. The molecule has 2 rings (SSSR count). The predicted molar refractivity (Wildman–Crippen MR) is 65.8 cm³/mol. The number of hydrogen-bond acceptors (Lipinski definition) is 4. The Labute approximate surface area is 105 Å². The molecular formula is C12H15N3O3. The van der Waals surface area contributed by atoms with Gasteiger partial charge in [0.1, 0.15) is 11.8 Å². The molecule has 1 aliphatic heterocycles. The van der Waals surface area contributed by atoms with Gasteiger partial charge in [-0.3, -0.25) is 19.9 Å². The van der Waals surface area contributed by atoms with E-state index >= 15 is 0 Å². The highest BCUT2D eigenvalue weighted by molar-refractivity contribution is 6.02. The molecule has 1 heterocycles. The van der Waals surface area contributed by atoms with Crippen molar-refractivity contribution in [2.45, 2.75) is 19.4 Å². The summed E-state index contributed by atoms with van der Waals surface area (Å²) in [5.41, 5.74) is 2.65. The largest absolute Gasteiger partial charge is 0.491 e. The number of fused-ring (bicyclic) bond motifs is 1. The fourth-order valence-corrected chi connectivity index (χ4v) is 1.94. The summed E-state index contributed by atoms with van der Waals surface area (Å²) in [5.74, 6) is 5.14. The van der Waals surface area contributed by atoms with E-state index in [1.807, 2.05) is 6.07 Å². The Bertz CT molecular complexity index is 475. The van der Waals surface area contributed by atoms with Crippen molar-refractivity contribution in [3.05, 3.63) is 24.3 Å². The highest BCUT2D eigenvalue weighted by atomic mass is 16.5. The normalized spacial score (nSPS) is 16.3. The van der Waals surface area contributed by atoms with Gasteiger partial charge in [-0.05, 0) is 19.1 Å². The summed E-state index contributed by atoms with van der Waals surface area (Å²) in [6, 6.07) is 6.46. The SMILES string of the molecule is CC(C(=O)NN)N1C(=O)CCOc2ccccc21. The molecule has 3 N–H and O–H groups in total. The smallest absolute Gasteiger partial charge is 0.256 e. The lowest BCUT2D eigenvalue weighted by atomic mass is 10.2. The first-order chi connectivity index (χ1) is 8.65. The fraction of sp³-hybridized carbons (Fsp3) is 0.333. The second-order valence-corrected chi connectivity index (χ2v) is 4.01. The molecule has 6 heteroatoms. The molecule has 0 saturated heterocycles. The van der Waals surface area contributed by atoms with Crippen LogP contribution in [0.3, 0.4) is 0 Å². The van der Waals surface area contributed by atoms with Gasteiger partial charge < -0.3 is 4.74 Å². The van der Waals surface area contributed by atoms with Crippen molar-refractivity contribution < 1.29 is 14.3 Å². The maximum Gasteiger partial charge on any atom is 0.256 e. The van der Waals surface area contributed by atoms with Gasteiger partial charge in [0.05, 0.1) is 18.7 Å². The van der Waals surface area contributed by atoms with Crippen molar-refractivity contribution in [1.29, 1.82) is 0 Å². The molecule has 1 aliphatic rings. The van der Waals surface area contributed by atoms with Crippen LogP contribution in [-0.4, -0.2) is 24.5 Å². The standard InChI is InChI=1S/C12H15N3O3/c1-8(12(17)14-13)15-9-4-2-3-5-10(9)18-7-6-11(15)16/h2-5,8H,6-7,13H2,1H3,(H,14,17). The van der Waals surface area contributed by atoms with E-state index in [1.54, 1.807) is 25.1 Å². The van der Waals surface area contributed by atoms with Crippen LogP contribution in [0.1, 0.15) is 13.3 Å². The van der Waals surface area contributed by atoms with Crippen LogP contribution >= 0.6 is 0 Å². The van der Waals surface area contributed by atoms with Gasteiger partial charge in [-0.1, -0.05) is 12.1 Å². The number of ether oxygens (including phenoxy) is 1. The van der Waals surface area contributed by atoms with E-state index < -0.39 is 11.9 Å². The molecule has 1 aromatic rings. The zero-order valence-electron chi connectivity index (χ0n) is 10.1. The zero-order valence-corrected chi connectivity index (χ0v) is 10.1. The summed E-state index contributed by atoms with van der Waals surface area (Å²) in [6.45, 7) is 1.94. The number of carbonyl (C=O) groups is 2. The van der Waals surface area contributed by atoms with E-state index in [9.17, 15) is 9.59 Å². The minimum atomic E-state index is -0.676. The summed E-state index contributed by atoms with van der Waals surface area (Å²) >= 11 is 0. The van der Waals surface area contributed by atoms with Crippen molar-refractivity contribution in [2.24, 2.45) is 5.84 Å². The maximum absolute atomic E-state index is 12.1. The Hall–Kier alpha value is -2.08. The number of nitrogens with two attached hydrogens (primary N) is 1. The summed E-state index contributed by atoms with van der Waals surface area (Å²) in [7, 11) is 0. The van der Waals surface area contributed by atoms with Crippen LogP contribution in [0.2, 0.25) is 0 Å². The van der Waals surface area contributed by atoms with Crippen LogP contribution in [0.5, 0.6) is 5.75 Å². The van der Waals surface area contributed by atoms with Crippen LogP contribution in [0.15, 0.2) is 24.3 Å². The average molecular weight is 249 g/mol. The molecule has 96 valence electrons. The Morgan fingerprint density at radius 1 is 1.50 bits per heavy atom. The van der Waals surface area contributed by atoms with Gasteiger partial charge in [-0.15, -0.1) is 0 Å². The molecule has 0 spiro atoms. The Morgan fingerprint density at radius 3 is 2.94 bits per heavy atom. The number of hydrogen-bond donors (Lipinski definition) is 2. The summed E-state index contributed by atoms with van der Waals surface area (Å²) in [5, 5.41) is 0. The minimum absolute atomic E-state index is 0.156. The first-order valence-corrected chi connectivity index (χ1v) is 5.69. The lowest BCUT2D eigenvalue weighted by Gasteiger charge is -2.27. The molecule has 2 amide bonds. The van der Waals surface area contributed by atoms with Crippen LogP contribution < -0.4 is 20.9 Å². The van der Waals surface area contributed by atoms with Crippen molar-refractivity contribution >= 4 is 17.5 Å². The number of benzene rings is 1. The van der Waals surface area contributed by atoms with Gasteiger partial charge in [0.2, 0.25) is 5.91 Å². The minimum Gasteiger partial charge on any atom is -0.491 e. The number of nitrogens with zero attached hydrogens (tertiary/aromatic N) is 1. The zero-order chi connectivity index (χ0) is 13.1. The highest BCUT2D eigenvalue weighted by Crippen LogP contribution is 2.32. The third-order valence-corrected chi connectivity index (χ3v) is 2.88. The van der Waals surface area contributed by atoms with Crippen molar-refractivity contribution in [2.75, 3.05) is 11.5 Å². The third kappa shape index (κ3) is 2.14. The number of anilines is 1. The number of carbonyl (C=O) groups excluding carboxylic acids is 2. The molecule has 0 aliphatic carbocycles. The molecule has 0 bridgehead atoms. The van der Waals surface area contributed by atoms with E-state index in [0.717, 1.165) is 0 Å². The molecule has 18 heavy (non-hydrogen) atoms. The van der Waals surface area contributed by atoms with Crippen LogP contribution in [0, 0.1) is 0 Å². The molecule has 0 aromatic heterocycles. The van der Waals surface area contributed by atoms with Crippen LogP contribution in [0.25, 0.3) is 0 Å². The van der Waals surface area contributed by atoms with Crippen molar-refractivity contribution in [3.8, 4) is 5.75 Å². The van der Waals surface area contributed by atoms with Gasteiger partial charge in [-0.25, -0.2) is 5.84 Å². The van der Waals surface area contributed by atoms with Crippen molar-refractivity contribution in [1.82, 2.24) is 5.43 Å². The molecule has 1 unspecified atom stereocenters. The number of hydrazine groups is 1. The third-order valence-electron chi connectivity index (χ3n) is 2.88. The van der Waals surface area contributed by atoms with E-state index in [1.165, 1.54) is 4.90 Å². The summed E-state index contributed by atoms with van der Waals surface area (Å²) in [4.78, 5) is 25.1. The Balaban J connectivity index is 2.42. The first-order valence-electron chi connectivity index (χ1n) is 5.69. The summed E-state index contributed by atoms with van der Waals surface area (Å²) in [6.07, 6.45) is 0.233. The average Bonchev–Trinajstić information content (AvgIpc) is 2.55. The first kappa shape index (κ1) is 12.4. The topological polar surface area (TPSA) is 84.7 Å². The maximum atomic E-state index is 12.1. The Morgan fingerprint density at radius 2 is 2.22 bits per heavy atom. The number of para-hydroxylation sites is 2. The second kappa shape index (κ2) is 5.05. The lowest BCUT2D eigenvalue weighted by Crippen LogP contribution is -2.49. The quantitative estimate of drug-likeness (QED) is 0.445. The van der Waals surface area contributed by atoms with Crippen LogP contribution in [0.4, 0.5) is 5.69 Å². The van der Waals surface area contributed by atoms with E-state index in [0.29, 0.717) is 18.0 Å². The number of amides is 2. The van der Waals surface area contributed by atoms with E-state index in [4.69, 9.17) is 10.6 Å². The monoisotopic (exact) mass is 249 g/mol. The molecule has 0 fully saturated rings. The predicted octanol–water partition coefficient (Wildman–Crippen LogP) is 0.181. The van der Waals surface area contributed by atoms with Gasteiger partial charge in [0.25, 0.3) is 5.91 Å².